The van der Waals surface area contributed by atoms with Crippen molar-refractivity contribution < 1.29 is 9.18 Å². The summed E-state index contributed by atoms with van der Waals surface area (Å²) in [7, 11) is 0. The van der Waals surface area contributed by atoms with Crippen LogP contribution < -0.4 is 0 Å². The molecular formula is C16H19FOS. The average Bonchev–Trinajstić information content (AvgIpc) is 2.40. The molecule has 102 valence electrons. The molecule has 2 atom stereocenters. The first-order valence-electron chi connectivity index (χ1n) is 7.09. The van der Waals surface area contributed by atoms with Crippen LogP contribution in [0.1, 0.15) is 48.0 Å². The third kappa shape index (κ3) is 2.71. The number of ketones is 1. The summed E-state index contributed by atoms with van der Waals surface area (Å²) in [5.74, 6) is 0.148. The number of carbonyl (C=O) groups excluding carboxylic acids is 1. The fraction of sp³-hybridized carbons (Fsp3) is 0.562. The third-order valence-electron chi connectivity index (χ3n) is 4.35. The Labute approximate surface area is 118 Å². The van der Waals surface area contributed by atoms with Gasteiger partial charge in [-0.3, -0.25) is 4.79 Å². The minimum absolute atomic E-state index is 0.154. The Morgan fingerprint density at radius 1 is 1.26 bits per heavy atom. The zero-order valence-electron chi connectivity index (χ0n) is 11.2. The van der Waals surface area contributed by atoms with Gasteiger partial charge >= 0.3 is 0 Å². The molecule has 0 aliphatic carbocycles. The Morgan fingerprint density at radius 2 is 1.95 bits per heavy atom. The number of benzene rings is 1. The predicted molar refractivity (Wildman–Crippen MR) is 77.2 cm³/mol. The van der Waals surface area contributed by atoms with Gasteiger partial charge in [0.05, 0.1) is 0 Å². The Balaban J connectivity index is 1.78. The van der Waals surface area contributed by atoms with Gasteiger partial charge in [0.15, 0.2) is 5.78 Å². The van der Waals surface area contributed by atoms with E-state index in [0.717, 1.165) is 12.8 Å². The lowest BCUT2D eigenvalue weighted by Crippen LogP contribution is -2.32. The maximum Gasteiger partial charge on any atom is 0.166 e. The van der Waals surface area contributed by atoms with E-state index in [1.54, 1.807) is 19.1 Å². The summed E-state index contributed by atoms with van der Waals surface area (Å²) >= 11 is 2.08. The molecule has 0 aromatic heterocycles. The minimum Gasteiger partial charge on any atom is -0.294 e. The van der Waals surface area contributed by atoms with Crippen LogP contribution >= 0.6 is 11.8 Å². The first-order chi connectivity index (χ1) is 9.13. The lowest BCUT2D eigenvalue weighted by atomic mass is 9.84. The number of halogens is 1. The summed E-state index contributed by atoms with van der Waals surface area (Å²) in [5.41, 5.74) is 1.25. The molecule has 0 N–H and O–H groups in total. The van der Waals surface area contributed by atoms with Crippen molar-refractivity contribution in [2.24, 2.45) is 5.92 Å². The van der Waals surface area contributed by atoms with Crippen molar-refractivity contribution in [3.05, 3.63) is 35.1 Å². The lowest BCUT2D eigenvalue weighted by Gasteiger charge is -2.38. The first kappa shape index (κ1) is 13.2. The van der Waals surface area contributed by atoms with Crippen molar-refractivity contribution in [1.82, 2.24) is 0 Å². The van der Waals surface area contributed by atoms with Crippen molar-refractivity contribution in [2.45, 2.75) is 49.5 Å². The average molecular weight is 278 g/mol. The van der Waals surface area contributed by atoms with Gasteiger partial charge in [0, 0.05) is 22.0 Å². The topological polar surface area (TPSA) is 17.1 Å². The van der Waals surface area contributed by atoms with Crippen molar-refractivity contribution in [1.29, 1.82) is 0 Å². The zero-order valence-corrected chi connectivity index (χ0v) is 12.0. The van der Waals surface area contributed by atoms with Crippen molar-refractivity contribution in [3.8, 4) is 0 Å². The minimum atomic E-state index is -0.229. The zero-order chi connectivity index (χ0) is 13.4. The molecule has 1 aromatic rings. The maximum absolute atomic E-state index is 13.3. The molecule has 2 saturated heterocycles. The van der Waals surface area contributed by atoms with E-state index in [2.05, 4.69) is 11.8 Å². The molecule has 19 heavy (non-hydrogen) atoms. The van der Waals surface area contributed by atoms with Crippen molar-refractivity contribution >= 4 is 17.5 Å². The molecule has 2 unspecified atom stereocenters. The quantitative estimate of drug-likeness (QED) is 0.747. The van der Waals surface area contributed by atoms with Gasteiger partial charge in [-0.05, 0) is 56.4 Å². The van der Waals surface area contributed by atoms with Gasteiger partial charge in [0.25, 0.3) is 0 Å². The summed E-state index contributed by atoms with van der Waals surface area (Å²) in [6.45, 7) is 1.72. The van der Waals surface area contributed by atoms with Crippen LogP contribution in [0.3, 0.4) is 0 Å². The highest BCUT2D eigenvalue weighted by atomic mass is 32.2. The third-order valence-corrected chi connectivity index (χ3v) is 5.97. The second-order valence-corrected chi connectivity index (χ2v) is 7.41. The summed E-state index contributed by atoms with van der Waals surface area (Å²) in [6.07, 6.45) is 5.85. The summed E-state index contributed by atoms with van der Waals surface area (Å²) in [6, 6.07) is 4.76. The highest BCUT2D eigenvalue weighted by Gasteiger charge is 2.35. The Kier molecular flexibility index (Phi) is 3.66. The number of carbonyl (C=O) groups is 1. The van der Waals surface area contributed by atoms with Crippen LogP contribution in [0.5, 0.6) is 0 Å². The molecule has 3 rings (SSSR count). The largest absolute Gasteiger partial charge is 0.294 e. The van der Waals surface area contributed by atoms with E-state index in [1.165, 1.54) is 25.3 Å². The van der Waals surface area contributed by atoms with Crippen LogP contribution in [0.15, 0.2) is 18.2 Å². The molecule has 2 fully saturated rings. The number of fused-ring (bicyclic) bond motifs is 2. The second-order valence-electron chi connectivity index (χ2n) is 5.81. The second kappa shape index (κ2) is 5.28. The Bertz CT molecular complexity index is 488. The lowest BCUT2D eigenvalue weighted by molar-refractivity contribution is 0.0896. The van der Waals surface area contributed by atoms with E-state index >= 15 is 0 Å². The van der Waals surface area contributed by atoms with Gasteiger partial charge in [-0.2, -0.15) is 11.8 Å². The fourth-order valence-electron chi connectivity index (χ4n) is 3.31. The van der Waals surface area contributed by atoms with Crippen LogP contribution in [-0.4, -0.2) is 16.3 Å². The van der Waals surface area contributed by atoms with Crippen LogP contribution in [0, 0.1) is 18.7 Å². The number of rotatable bonds is 2. The molecule has 0 radical (unpaired) electrons. The summed E-state index contributed by atoms with van der Waals surface area (Å²) < 4.78 is 13.3. The van der Waals surface area contributed by atoms with Gasteiger partial charge < -0.3 is 0 Å². The maximum atomic E-state index is 13.3. The van der Waals surface area contributed by atoms with Gasteiger partial charge in [0.2, 0.25) is 0 Å². The molecule has 3 heteroatoms. The highest BCUT2D eigenvalue weighted by molar-refractivity contribution is 8.00. The predicted octanol–water partition coefficient (Wildman–Crippen LogP) is 4.38. The number of thioether (sulfide) groups is 1. The fourth-order valence-corrected chi connectivity index (χ4v) is 5.14. The van der Waals surface area contributed by atoms with Crippen molar-refractivity contribution in [3.63, 3.8) is 0 Å². The van der Waals surface area contributed by atoms with E-state index in [-0.39, 0.29) is 17.5 Å². The molecule has 1 nitrogen and oxygen atoms in total. The molecule has 0 amide bonds. The normalized spacial score (nSPS) is 30.1. The number of hydrogen-bond donors (Lipinski definition) is 0. The Morgan fingerprint density at radius 3 is 2.58 bits per heavy atom. The van der Waals surface area contributed by atoms with Gasteiger partial charge in [-0.1, -0.05) is 6.42 Å². The molecule has 0 saturated carbocycles. The van der Waals surface area contributed by atoms with E-state index < -0.39 is 0 Å². The van der Waals surface area contributed by atoms with Gasteiger partial charge in [-0.25, -0.2) is 4.39 Å². The van der Waals surface area contributed by atoms with Crippen molar-refractivity contribution in [2.75, 3.05) is 0 Å². The van der Waals surface area contributed by atoms with Gasteiger partial charge in [-0.15, -0.1) is 0 Å². The van der Waals surface area contributed by atoms with E-state index in [0.29, 0.717) is 21.6 Å². The molecule has 1 aromatic carbocycles. The SMILES string of the molecule is Cc1cc(C(=O)C2CC3CCCC(C2)S3)ccc1F. The summed E-state index contributed by atoms with van der Waals surface area (Å²) in [5, 5.41) is 1.34. The monoisotopic (exact) mass is 278 g/mol. The molecule has 2 bridgehead atoms. The van der Waals surface area contributed by atoms with E-state index in [1.807, 2.05) is 0 Å². The van der Waals surface area contributed by atoms with E-state index in [4.69, 9.17) is 0 Å². The smallest absolute Gasteiger partial charge is 0.166 e. The van der Waals surface area contributed by atoms with Gasteiger partial charge in [0.1, 0.15) is 5.82 Å². The molecular weight excluding hydrogens is 259 g/mol. The standard InChI is InChI=1S/C16H19FOS/c1-10-7-11(5-6-15(10)17)16(18)12-8-13-3-2-4-14(9-12)19-13/h5-7,12-14H,2-4,8-9H2,1H3. The van der Waals surface area contributed by atoms with Crippen LogP contribution in [0.25, 0.3) is 0 Å². The summed E-state index contributed by atoms with van der Waals surface area (Å²) in [4.78, 5) is 12.6. The molecule has 0 spiro atoms. The van der Waals surface area contributed by atoms with E-state index in [9.17, 15) is 9.18 Å². The Hall–Kier alpha value is -0.830. The van der Waals surface area contributed by atoms with Crippen LogP contribution in [-0.2, 0) is 0 Å². The number of hydrogen-bond acceptors (Lipinski definition) is 2. The van der Waals surface area contributed by atoms with Crippen LogP contribution in [0.4, 0.5) is 4.39 Å². The molecule has 2 heterocycles. The first-order valence-corrected chi connectivity index (χ1v) is 8.03. The number of aryl methyl sites for hydroxylation is 1. The van der Waals surface area contributed by atoms with Crippen LogP contribution in [0.2, 0.25) is 0 Å². The molecule has 2 aliphatic heterocycles. The molecule has 2 aliphatic rings. The highest BCUT2D eigenvalue weighted by Crippen LogP contribution is 2.44. The number of Topliss-reactive ketones (excluding diaryl/α,β-unsaturated/α-hetero) is 1.